The molecule has 0 saturated heterocycles. The van der Waals surface area contributed by atoms with Crippen LogP contribution < -0.4 is 10.9 Å². The molecule has 0 saturated carbocycles. The zero-order valence-electron chi connectivity index (χ0n) is 13.0. The number of allylic oxidation sites excluding steroid dienone is 1. The molecule has 0 aliphatic rings. The first kappa shape index (κ1) is 17.0. The molecule has 1 amide bonds. The van der Waals surface area contributed by atoms with Gasteiger partial charge in [-0.25, -0.2) is 13.8 Å². The number of thiophene rings is 1. The van der Waals surface area contributed by atoms with Gasteiger partial charge in [0.2, 0.25) is 5.65 Å². The molecule has 3 aromatic rings. The molecule has 130 valence electrons. The lowest BCUT2D eigenvalue weighted by molar-refractivity contribution is 0.0887. The van der Waals surface area contributed by atoms with Crippen LogP contribution in [0.25, 0.3) is 16.2 Å². The van der Waals surface area contributed by atoms with Gasteiger partial charge in [0.25, 0.3) is 17.9 Å². The van der Waals surface area contributed by atoms with Gasteiger partial charge < -0.3 is 5.32 Å². The highest BCUT2D eigenvalue weighted by Gasteiger charge is 2.17. The van der Waals surface area contributed by atoms with Gasteiger partial charge in [-0.1, -0.05) is 12.1 Å². The number of hydrogen-bond donors (Lipinski definition) is 1. The predicted molar refractivity (Wildman–Crippen MR) is 91.3 cm³/mol. The highest BCUT2D eigenvalue weighted by molar-refractivity contribution is 7.13. The van der Waals surface area contributed by atoms with Crippen molar-refractivity contribution in [3.05, 3.63) is 58.6 Å². The number of fused-ring (bicyclic) bond motifs is 1. The largest absolute Gasteiger partial charge is 0.345 e. The number of aromatic nitrogens is 3. The van der Waals surface area contributed by atoms with E-state index in [4.69, 9.17) is 0 Å². The average Bonchev–Trinajstić information content (AvgIpc) is 3.24. The number of amides is 1. The summed E-state index contributed by atoms with van der Waals surface area (Å²) in [4.78, 5) is 29.5. The first-order valence-electron chi connectivity index (χ1n) is 7.35. The lowest BCUT2D eigenvalue weighted by Crippen LogP contribution is -2.28. The normalized spacial score (nSPS) is 11.2. The highest BCUT2D eigenvalue weighted by atomic mass is 32.1. The summed E-state index contributed by atoms with van der Waals surface area (Å²) < 4.78 is 27.4. The fourth-order valence-corrected chi connectivity index (χ4v) is 3.13. The van der Waals surface area contributed by atoms with Crippen LogP contribution in [-0.4, -0.2) is 32.8 Å². The fourth-order valence-electron chi connectivity index (χ4n) is 2.38. The van der Waals surface area contributed by atoms with E-state index in [-0.39, 0.29) is 17.9 Å². The van der Waals surface area contributed by atoms with E-state index in [1.165, 1.54) is 26.5 Å². The lowest BCUT2D eigenvalue weighted by Gasteiger charge is -2.10. The van der Waals surface area contributed by atoms with Crippen LogP contribution >= 0.6 is 11.3 Å². The second kappa shape index (κ2) is 6.98. The number of nitrogens with zero attached hydrogens (tertiary/aromatic N) is 3. The van der Waals surface area contributed by atoms with Gasteiger partial charge in [0.15, 0.2) is 0 Å². The monoisotopic (exact) mass is 364 g/mol. The molecule has 0 aliphatic heterocycles. The van der Waals surface area contributed by atoms with Crippen molar-refractivity contribution in [2.45, 2.75) is 13.0 Å². The molecular weight excluding hydrogens is 350 g/mol. The molecule has 6 nitrogen and oxygen atoms in total. The maximum Gasteiger partial charge on any atom is 0.295 e. The first-order valence-corrected chi connectivity index (χ1v) is 8.23. The van der Waals surface area contributed by atoms with Crippen molar-refractivity contribution < 1.29 is 13.6 Å². The summed E-state index contributed by atoms with van der Waals surface area (Å²) in [5.41, 5.74) is 0.221. The van der Waals surface area contributed by atoms with E-state index in [0.717, 1.165) is 4.88 Å². The highest BCUT2D eigenvalue weighted by Crippen LogP contribution is 2.24. The second-order valence-corrected chi connectivity index (χ2v) is 6.10. The summed E-state index contributed by atoms with van der Waals surface area (Å²) in [5.74, 6) is -0.753. The van der Waals surface area contributed by atoms with Crippen molar-refractivity contribution in [3.63, 3.8) is 0 Å². The number of imidazole rings is 1. The minimum absolute atomic E-state index is 0.0457. The van der Waals surface area contributed by atoms with Gasteiger partial charge >= 0.3 is 0 Å². The quantitative estimate of drug-likeness (QED) is 0.683. The number of hydrogen-bond acceptors (Lipinski definition) is 4. The Hall–Kier alpha value is -2.81. The molecule has 0 bridgehead atoms. The maximum absolute atomic E-state index is 12.7. The summed E-state index contributed by atoms with van der Waals surface area (Å²) in [5, 5.41) is 3.96. The molecule has 9 heteroatoms. The number of rotatable bonds is 6. The van der Waals surface area contributed by atoms with Crippen molar-refractivity contribution in [2.75, 3.05) is 6.54 Å². The van der Waals surface area contributed by atoms with Gasteiger partial charge in [-0.3, -0.25) is 18.6 Å². The summed E-state index contributed by atoms with van der Waals surface area (Å²) in [7, 11) is 0. The van der Waals surface area contributed by atoms with Crippen molar-refractivity contribution in [1.29, 1.82) is 0 Å². The minimum Gasteiger partial charge on any atom is -0.345 e. The third-order valence-corrected chi connectivity index (χ3v) is 4.35. The second-order valence-electron chi connectivity index (χ2n) is 5.15. The van der Waals surface area contributed by atoms with Crippen LogP contribution in [0.1, 0.15) is 10.5 Å². The molecule has 0 atom stereocenters. The lowest BCUT2D eigenvalue weighted by atomic mass is 10.3. The topological polar surface area (TPSA) is 68.4 Å². The van der Waals surface area contributed by atoms with E-state index in [1.54, 1.807) is 12.3 Å². The Morgan fingerprint density at radius 1 is 1.44 bits per heavy atom. The van der Waals surface area contributed by atoms with Crippen molar-refractivity contribution in [1.82, 2.24) is 19.3 Å². The SMILES string of the molecule is C=CCn1c(-c2cccs2)cn2cc(C(=O)NCC(F)F)nc2c1=O. The van der Waals surface area contributed by atoms with Crippen LogP contribution in [0.15, 0.2) is 47.4 Å². The van der Waals surface area contributed by atoms with Crippen LogP contribution in [0.3, 0.4) is 0 Å². The molecule has 3 heterocycles. The number of carbonyl (C=O) groups excluding carboxylic acids is 1. The summed E-state index contributed by atoms with van der Waals surface area (Å²) in [6.45, 7) is 3.17. The maximum atomic E-state index is 12.7. The number of carbonyl (C=O) groups is 1. The van der Waals surface area contributed by atoms with Gasteiger partial charge in [0.05, 0.1) is 17.1 Å². The third kappa shape index (κ3) is 3.36. The zero-order valence-corrected chi connectivity index (χ0v) is 13.8. The Balaban J connectivity index is 2.10. The first-order chi connectivity index (χ1) is 12.0. The zero-order chi connectivity index (χ0) is 18.0. The predicted octanol–water partition coefficient (Wildman–Crippen LogP) is 2.41. The Morgan fingerprint density at radius 3 is 2.88 bits per heavy atom. The van der Waals surface area contributed by atoms with E-state index in [2.05, 4.69) is 16.9 Å². The van der Waals surface area contributed by atoms with E-state index < -0.39 is 24.4 Å². The molecule has 3 rings (SSSR count). The summed E-state index contributed by atoms with van der Waals surface area (Å²) in [6, 6.07) is 3.74. The summed E-state index contributed by atoms with van der Waals surface area (Å²) >= 11 is 1.47. The van der Waals surface area contributed by atoms with Gasteiger partial charge in [0.1, 0.15) is 5.69 Å². The van der Waals surface area contributed by atoms with Crippen molar-refractivity contribution in [2.24, 2.45) is 0 Å². The van der Waals surface area contributed by atoms with E-state index in [9.17, 15) is 18.4 Å². The van der Waals surface area contributed by atoms with Crippen LogP contribution in [0, 0.1) is 0 Å². The molecule has 0 unspecified atom stereocenters. The number of halogens is 2. The van der Waals surface area contributed by atoms with Gasteiger partial charge in [0, 0.05) is 18.9 Å². The van der Waals surface area contributed by atoms with E-state index in [0.29, 0.717) is 5.69 Å². The van der Waals surface area contributed by atoms with Gasteiger partial charge in [-0.05, 0) is 11.4 Å². The molecule has 25 heavy (non-hydrogen) atoms. The Kier molecular flexibility index (Phi) is 4.75. The summed E-state index contributed by atoms with van der Waals surface area (Å²) in [6.07, 6.45) is 1.97. The van der Waals surface area contributed by atoms with Crippen LogP contribution in [0.2, 0.25) is 0 Å². The molecule has 0 radical (unpaired) electrons. The molecule has 0 fully saturated rings. The number of alkyl halides is 2. The Bertz CT molecular complexity index is 976. The Morgan fingerprint density at radius 2 is 2.24 bits per heavy atom. The molecule has 1 N–H and O–H groups in total. The van der Waals surface area contributed by atoms with E-state index in [1.807, 2.05) is 17.5 Å². The fraction of sp³-hybridized carbons (Fsp3) is 0.188. The molecular formula is C16H14F2N4O2S. The van der Waals surface area contributed by atoms with Gasteiger partial charge in [-0.15, -0.1) is 17.9 Å². The molecule has 0 aliphatic carbocycles. The third-order valence-electron chi connectivity index (χ3n) is 3.46. The van der Waals surface area contributed by atoms with Crippen molar-refractivity contribution in [3.8, 4) is 10.6 Å². The van der Waals surface area contributed by atoms with Gasteiger partial charge in [-0.2, -0.15) is 0 Å². The molecule has 3 aromatic heterocycles. The van der Waals surface area contributed by atoms with Crippen LogP contribution in [-0.2, 0) is 6.54 Å². The van der Waals surface area contributed by atoms with E-state index >= 15 is 0 Å². The smallest absolute Gasteiger partial charge is 0.295 e. The van der Waals surface area contributed by atoms with Crippen LogP contribution in [0.4, 0.5) is 8.78 Å². The van der Waals surface area contributed by atoms with Crippen LogP contribution in [0.5, 0.6) is 0 Å². The molecule has 0 spiro atoms. The average molecular weight is 364 g/mol. The standard InChI is InChI=1S/C16H14F2N4O2S/c1-2-5-22-11(12-4-3-6-25-12)9-21-8-10(20-14(21)16(22)24)15(23)19-7-13(17)18/h2-4,6,8-9,13H,1,5,7H2,(H,19,23). The Labute approximate surface area is 145 Å². The molecule has 0 aromatic carbocycles. The minimum atomic E-state index is -2.66. The van der Waals surface area contributed by atoms with Crippen molar-refractivity contribution >= 4 is 22.9 Å². The number of nitrogens with one attached hydrogen (secondary N) is 1.